The molecular formula is C15H21N3O2. The van der Waals surface area contributed by atoms with Crippen LogP contribution in [0.25, 0.3) is 0 Å². The van der Waals surface area contributed by atoms with E-state index in [-0.39, 0.29) is 0 Å². The number of nitrogens with one attached hydrogen (secondary N) is 1. The van der Waals surface area contributed by atoms with Crippen molar-refractivity contribution in [1.29, 1.82) is 5.26 Å². The summed E-state index contributed by atoms with van der Waals surface area (Å²) >= 11 is 0. The van der Waals surface area contributed by atoms with E-state index in [2.05, 4.69) is 11.4 Å². The summed E-state index contributed by atoms with van der Waals surface area (Å²) < 4.78 is 5.16. The molecule has 5 heteroatoms. The lowest BCUT2D eigenvalue weighted by atomic mass is 9.98. The van der Waals surface area contributed by atoms with Crippen molar-refractivity contribution in [1.82, 2.24) is 5.32 Å². The second-order valence-corrected chi connectivity index (χ2v) is 5.76. The number of hydrogen-bond donors (Lipinski definition) is 2. The maximum Gasteiger partial charge on any atom is 0.409 e. The van der Waals surface area contributed by atoms with Gasteiger partial charge in [-0.3, -0.25) is 0 Å². The normalized spacial score (nSPS) is 12.4. The molecule has 20 heavy (non-hydrogen) atoms. The zero-order valence-electron chi connectivity index (χ0n) is 12.6. The molecule has 1 atom stereocenters. The molecule has 0 saturated heterocycles. The number of carbonyl (C=O) groups excluding carboxylic acids is 1. The second kappa shape index (κ2) is 5.93. The van der Waals surface area contributed by atoms with E-state index in [0.29, 0.717) is 11.1 Å². The second-order valence-electron chi connectivity index (χ2n) is 5.76. The maximum absolute atomic E-state index is 11.7. The van der Waals surface area contributed by atoms with Gasteiger partial charge in [-0.2, -0.15) is 5.26 Å². The number of rotatable bonds is 2. The van der Waals surface area contributed by atoms with Crippen LogP contribution in [0.3, 0.4) is 0 Å². The molecule has 0 spiro atoms. The Kier molecular flexibility index (Phi) is 4.74. The molecule has 5 nitrogen and oxygen atoms in total. The van der Waals surface area contributed by atoms with E-state index in [1.807, 2.05) is 19.9 Å². The quantitative estimate of drug-likeness (QED) is 0.812. The van der Waals surface area contributed by atoms with Crippen molar-refractivity contribution in [2.45, 2.75) is 46.4 Å². The van der Waals surface area contributed by atoms with Crippen LogP contribution in [0.15, 0.2) is 12.1 Å². The van der Waals surface area contributed by atoms with Gasteiger partial charge in [0.05, 0.1) is 11.6 Å². The van der Waals surface area contributed by atoms with Crippen LogP contribution in [0.5, 0.6) is 0 Å². The molecule has 0 saturated carbocycles. The minimum absolute atomic E-state index is 0.557. The Balaban J connectivity index is 2.94. The molecule has 0 bridgehead atoms. The van der Waals surface area contributed by atoms with Crippen molar-refractivity contribution in [2.24, 2.45) is 5.73 Å². The van der Waals surface area contributed by atoms with Crippen molar-refractivity contribution in [3.05, 3.63) is 34.4 Å². The predicted molar refractivity (Wildman–Crippen MR) is 76.9 cm³/mol. The average Bonchev–Trinajstić information content (AvgIpc) is 2.28. The number of ether oxygens (including phenoxy) is 1. The number of alkyl carbamates (subject to hydrolysis) is 1. The van der Waals surface area contributed by atoms with Crippen LogP contribution in [0, 0.1) is 25.2 Å². The van der Waals surface area contributed by atoms with E-state index >= 15 is 0 Å². The molecule has 0 radical (unpaired) electrons. The monoisotopic (exact) mass is 275 g/mol. The fourth-order valence-electron chi connectivity index (χ4n) is 1.84. The Morgan fingerprint density at radius 1 is 1.40 bits per heavy atom. The Hall–Kier alpha value is -2.06. The lowest BCUT2D eigenvalue weighted by molar-refractivity contribution is 0.0505. The van der Waals surface area contributed by atoms with Crippen molar-refractivity contribution in [3.63, 3.8) is 0 Å². The summed E-state index contributed by atoms with van der Waals surface area (Å²) in [5.41, 5.74) is 8.36. The van der Waals surface area contributed by atoms with Gasteiger partial charge in [0.25, 0.3) is 0 Å². The molecular weight excluding hydrogens is 254 g/mol. The molecule has 0 aromatic heterocycles. The van der Waals surface area contributed by atoms with Gasteiger partial charge < -0.3 is 15.8 Å². The zero-order chi connectivity index (χ0) is 15.5. The summed E-state index contributed by atoms with van der Waals surface area (Å²) in [4.78, 5) is 11.7. The molecule has 3 N–H and O–H groups in total. The first kappa shape index (κ1) is 16.0. The van der Waals surface area contributed by atoms with Gasteiger partial charge in [-0.1, -0.05) is 6.07 Å². The van der Waals surface area contributed by atoms with Crippen molar-refractivity contribution < 1.29 is 9.53 Å². The van der Waals surface area contributed by atoms with Crippen molar-refractivity contribution in [2.75, 3.05) is 0 Å². The number of aryl methyl sites for hydroxylation is 1. The minimum Gasteiger partial charge on any atom is -0.444 e. The van der Waals surface area contributed by atoms with Gasteiger partial charge in [0, 0.05) is 0 Å². The van der Waals surface area contributed by atoms with E-state index in [1.165, 1.54) is 0 Å². The van der Waals surface area contributed by atoms with Crippen LogP contribution in [0.2, 0.25) is 0 Å². The average molecular weight is 275 g/mol. The third-order valence-corrected chi connectivity index (χ3v) is 2.72. The lowest BCUT2D eigenvalue weighted by Crippen LogP contribution is -2.38. The van der Waals surface area contributed by atoms with Crippen LogP contribution < -0.4 is 11.1 Å². The summed E-state index contributed by atoms with van der Waals surface area (Å²) in [5.74, 6) is 0. The van der Waals surface area contributed by atoms with Crippen LogP contribution in [0.1, 0.15) is 49.2 Å². The number of nitriles is 1. The zero-order valence-corrected chi connectivity index (χ0v) is 12.6. The number of hydrogen-bond acceptors (Lipinski definition) is 4. The Morgan fingerprint density at radius 2 is 2.00 bits per heavy atom. The number of carbonyl (C=O) groups is 1. The minimum atomic E-state index is -0.711. The Bertz CT molecular complexity index is 553. The van der Waals surface area contributed by atoms with Crippen LogP contribution in [-0.4, -0.2) is 11.7 Å². The molecule has 1 aromatic carbocycles. The van der Waals surface area contributed by atoms with Crippen LogP contribution in [-0.2, 0) is 4.74 Å². The van der Waals surface area contributed by atoms with E-state index in [0.717, 1.165) is 11.1 Å². The first-order chi connectivity index (χ1) is 9.14. The van der Waals surface area contributed by atoms with Crippen molar-refractivity contribution in [3.8, 4) is 6.07 Å². The van der Waals surface area contributed by atoms with E-state index < -0.39 is 17.9 Å². The Morgan fingerprint density at radius 3 is 2.50 bits per heavy atom. The molecule has 0 unspecified atom stereocenters. The predicted octanol–water partition coefficient (Wildman–Crippen LogP) is 2.66. The molecule has 0 heterocycles. The molecule has 108 valence electrons. The maximum atomic E-state index is 11.7. The summed E-state index contributed by atoms with van der Waals surface area (Å²) in [7, 11) is 0. The SMILES string of the molecule is Cc1cc(C#N)c(C)c([C@@H](N)NC(=O)OC(C)(C)C)c1. The molecule has 1 rings (SSSR count). The highest BCUT2D eigenvalue weighted by atomic mass is 16.6. The van der Waals surface area contributed by atoms with Gasteiger partial charge >= 0.3 is 6.09 Å². The largest absolute Gasteiger partial charge is 0.444 e. The third-order valence-electron chi connectivity index (χ3n) is 2.72. The number of amides is 1. The summed E-state index contributed by atoms with van der Waals surface area (Å²) in [6.07, 6.45) is -1.29. The molecule has 1 amide bonds. The molecule has 0 aliphatic carbocycles. The van der Waals surface area contributed by atoms with E-state index in [1.54, 1.807) is 26.8 Å². The van der Waals surface area contributed by atoms with Crippen molar-refractivity contribution >= 4 is 6.09 Å². The number of nitrogens with zero attached hydrogens (tertiary/aromatic N) is 1. The molecule has 0 aliphatic rings. The summed E-state index contributed by atoms with van der Waals surface area (Å²) in [5, 5.41) is 11.7. The lowest BCUT2D eigenvalue weighted by Gasteiger charge is -2.23. The standard InChI is InChI=1S/C15H21N3O2/c1-9-6-11(8-16)10(2)12(7-9)13(17)18-14(19)20-15(3,4)5/h6-7,13H,17H2,1-5H3,(H,18,19)/t13-/m0/s1. The van der Waals surface area contributed by atoms with E-state index in [4.69, 9.17) is 15.7 Å². The Labute approximate surface area is 119 Å². The highest BCUT2D eigenvalue weighted by molar-refractivity contribution is 5.68. The molecule has 0 fully saturated rings. The van der Waals surface area contributed by atoms with E-state index in [9.17, 15) is 4.79 Å². The fraction of sp³-hybridized carbons (Fsp3) is 0.467. The summed E-state index contributed by atoms with van der Waals surface area (Å²) in [6.45, 7) is 9.03. The van der Waals surface area contributed by atoms with Gasteiger partial charge in [0.15, 0.2) is 0 Å². The summed E-state index contributed by atoms with van der Waals surface area (Å²) in [6, 6.07) is 5.77. The van der Waals surface area contributed by atoms with Gasteiger partial charge in [0.1, 0.15) is 11.8 Å². The third kappa shape index (κ3) is 4.25. The van der Waals surface area contributed by atoms with Gasteiger partial charge in [0.2, 0.25) is 0 Å². The molecule has 1 aromatic rings. The highest BCUT2D eigenvalue weighted by Crippen LogP contribution is 2.20. The number of benzene rings is 1. The van der Waals surface area contributed by atoms with Gasteiger partial charge in [-0.15, -0.1) is 0 Å². The van der Waals surface area contributed by atoms with Crippen LogP contribution >= 0.6 is 0 Å². The smallest absolute Gasteiger partial charge is 0.409 e. The first-order valence-corrected chi connectivity index (χ1v) is 6.40. The molecule has 0 aliphatic heterocycles. The van der Waals surface area contributed by atoms with Gasteiger partial charge in [-0.25, -0.2) is 4.79 Å². The fourth-order valence-corrected chi connectivity index (χ4v) is 1.84. The topological polar surface area (TPSA) is 88.1 Å². The number of nitrogens with two attached hydrogens (primary N) is 1. The highest BCUT2D eigenvalue weighted by Gasteiger charge is 2.20. The van der Waals surface area contributed by atoms with Crippen LogP contribution in [0.4, 0.5) is 4.79 Å². The van der Waals surface area contributed by atoms with Gasteiger partial charge in [-0.05, 0) is 57.4 Å². The first-order valence-electron chi connectivity index (χ1n) is 6.40.